The van der Waals surface area contributed by atoms with Crippen molar-refractivity contribution in [1.82, 2.24) is 15.5 Å². The van der Waals surface area contributed by atoms with Gasteiger partial charge < -0.3 is 15.4 Å². The number of guanidine groups is 1. The lowest BCUT2D eigenvalue weighted by Gasteiger charge is -2.32. The van der Waals surface area contributed by atoms with Gasteiger partial charge in [0.05, 0.1) is 7.11 Å². The third-order valence-corrected chi connectivity index (χ3v) is 6.16. The minimum atomic E-state index is 0.450. The standard InChI is InChI=1S/C21H30N4OS/c1-15-5-6-17(19(11-15)26-4)13-24-21(22-3)23-12-16(2)25-9-7-20-18(14-25)8-10-27-20/h5-6,8,10-11,16H,7,9,12-14H2,1-4H3,(H2,22,23,24). The molecule has 27 heavy (non-hydrogen) atoms. The van der Waals surface area contributed by atoms with E-state index in [0.29, 0.717) is 12.6 Å². The third kappa shape index (κ3) is 5.02. The van der Waals surface area contributed by atoms with Gasteiger partial charge in [-0.15, -0.1) is 11.3 Å². The maximum Gasteiger partial charge on any atom is 0.191 e. The molecule has 0 bridgehead atoms. The highest BCUT2D eigenvalue weighted by atomic mass is 32.1. The molecule has 1 aromatic carbocycles. The Morgan fingerprint density at radius 2 is 2.19 bits per heavy atom. The Balaban J connectivity index is 1.49. The van der Waals surface area contributed by atoms with Crippen LogP contribution in [0, 0.1) is 6.92 Å². The molecule has 146 valence electrons. The average Bonchev–Trinajstić information content (AvgIpc) is 3.16. The lowest BCUT2D eigenvalue weighted by atomic mass is 10.1. The van der Waals surface area contributed by atoms with Crippen molar-refractivity contribution in [2.24, 2.45) is 4.99 Å². The highest BCUT2D eigenvalue weighted by Gasteiger charge is 2.21. The largest absolute Gasteiger partial charge is 0.496 e. The van der Waals surface area contributed by atoms with Crippen LogP contribution >= 0.6 is 11.3 Å². The molecule has 0 radical (unpaired) electrons. The number of hydrogen-bond acceptors (Lipinski definition) is 4. The molecule has 3 rings (SSSR count). The summed E-state index contributed by atoms with van der Waals surface area (Å²) in [5.41, 5.74) is 3.81. The first-order valence-electron chi connectivity index (χ1n) is 9.48. The lowest BCUT2D eigenvalue weighted by molar-refractivity contribution is 0.192. The van der Waals surface area contributed by atoms with Gasteiger partial charge in [-0.05, 0) is 48.9 Å². The number of nitrogens with zero attached hydrogens (tertiary/aromatic N) is 2. The second-order valence-corrected chi connectivity index (χ2v) is 8.06. The lowest BCUT2D eigenvalue weighted by Crippen LogP contribution is -2.47. The predicted molar refractivity (Wildman–Crippen MR) is 114 cm³/mol. The van der Waals surface area contributed by atoms with E-state index < -0.39 is 0 Å². The summed E-state index contributed by atoms with van der Waals surface area (Å²) in [5.74, 6) is 1.73. The number of fused-ring (bicyclic) bond motifs is 1. The maximum atomic E-state index is 5.49. The quantitative estimate of drug-likeness (QED) is 0.591. The van der Waals surface area contributed by atoms with Crippen LogP contribution in [0.4, 0.5) is 0 Å². The smallest absolute Gasteiger partial charge is 0.191 e. The van der Waals surface area contributed by atoms with E-state index in [4.69, 9.17) is 4.74 Å². The second-order valence-electron chi connectivity index (χ2n) is 7.06. The Hall–Kier alpha value is -2.05. The van der Waals surface area contributed by atoms with Crippen molar-refractivity contribution in [3.63, 3.8) is 0 Å². The zero-order chi connectivity index (χ0) is 19.2. The molecule has 0 aliphatic carbocycles. The molecule has 1 atom stereocenters. The summed E-state index contributed by atoms with van der Waals surface area (Å²) in [7, 11) is 3.52. The number of ether oxygens (including phenoxy) is 1. The maximum absolute atomic E-state index is 5.49. The molecule has 1 aliphatic heterocycles. The van der Waals surface area contributed by atoms with Crippen LogP contribution in [0.3, 0.4) is 0 Å². The van der Waals surface area contributed by atoms with Crippen molar-refractivity contribution in [3.8, 4) is 5.75 Å². The molecule has 0 saturated heterocycles. The van der Waals surface area contributed by atoms with Crippen molar-refractivity contribution < 1.29 is 4.74 Å². The summed E-state index contributed by atoms with van der Waals surface area (Å²) in [6.45, 7) is 8.07. The van der Waals surface area contributed by atoms with Crippen molar-refractivity contribution >= 4 is 17.3 Å². The number of aryl methyl sites for hydroxylation is 1. The number of benzene rings is 1. The van der Waals surface area contributed by atoms with Crippen LogP contribution in [-0.4, -0.2) is 44.1 Å². The van der Waals surface area contributed by atoms with Gasteiger partial charge in [0, 0.05) is 49.7 Å². The summed E-state index contributed by atoms with van der Waals surface area (Å²) in [4.78, 5) is 8.45. The predicted octanol–water partition coefficient (Wildman–Crippen LogP) is 3.18. The summed E-state index contributed by atoms with van der Waals surface area (Å²) in [5, 5.41) is 9.06. The fraction of sp³-hybridized carbons (Fsp3) is 0.476. The summed E-state index contributed by atoms with van der Waals surface area (Å²) < 4.78 is 5.49. The van der Waals surface area contributed by atoms with Gasteiger partial charge in [0.15, 0.2) is 5.96 Å². The fourth-order valence-corrected chi connectivity index (χ4v) is 4.31. The molecule has 0 saturated carbocycles. The molecule has 2 N–H and O–H groups in total. The number of aliphatic imine (C=N–C) groups is 1. The van der Waals surface area contributed by atoms with Crippen molar-refractivity contribution in [1.29, 1.82) is 0 Å². The molecule has 6 heteroatoms. The van der Waals surface area contributed by atoms with E-state index in [1.807, 2.05) is 18.4 Å². The third-order valence-electron chi connectivity index (χ3n) is 5.14. The van der Waals surface area contributed by atoms with Gasteiger partial charge >= 0.3 is 0 Å². The van der Waals surface area contributed by atoms with Crippen LogP contribution in [0.15, 0.2) is 34.6 Å². The average molecular weight is 387 g/mol. The highest BCUT2D eigenvalue weighted by Crippen LogP contribution is 2.25. The molecule has 2 heterocycles. The fourth-order valence-electron chi connectivity index (χ4n) is 3.42. The van der Waals surface area contributed by atoms with E-state index >= 15 is 0 Å². The highest BCUT2D eigenvalue weighted by molar-refractivity contribution is 7.10. The van der Waals surface area contributed by atoms with Crippen LogP contribution in [-0.2, 0) is 19.5 Å². The number of rotatable bonds is 6. The van der Waals surface area contributed by atoms with E-state index in [0.717, 1.165) is 43.3 Å². The van der Waals surface area contributed by atoms with Gasteiger partial charge in [-0.1, -0.05) is 12.1 Å². The van der Waals surface area contributed by atoms with Crippen molar-refractivity contribution in [2.45, 2.75) is 39.4 Å². The van der Waals surface area contributed by atoms with Crippen LogP contribution in [0.1, 0.15) is 28.5 Å². The van der Waals surface area contributed by atoms with Gasteiger partial charge in [-0.3, -0.25) is 9.89 Å². The summed E-state index contributed by atoms with van der Waals surface area (Å²) >= 11 is 1.89. The van der Waals surface area contributed by atoms with E-state index in [2.05, 4.69) is 64.0 Å². The first kappa shape index (κ1) is 19.7. The number of methoxy groups -OCH3 is 1. The van der Waals surface area contributed by atoms with Crippen LogP contribution in [0.2, 0.25) is 0 Å². The number of thiophene rings is 1. The van der Waals surface area contributed by atoms with E-state index in [1.54, 1.807) is 12.0 Å². The zero-order valence-electron chi connectivity index (χ0n) is 16.7. The van der Waals surface area contributed by atoms with Crippen LogP contribution in [0.5, 0.6) is 5.75 Å². The van der Waals surface area contributed by atoms with E-state index in [-0.39, 0.29) is 0 Å². The molecule has 1 aliphatic rings. The van der Waals surface area contributed by atoms with Gasteiger partial charge in [-0.2, -0.15) is 0 Å². The van der Waals surface area contributed by atoms with Gasteiger partial charge in [-0.25, -0.2) is 0 Å². The molecule has 0 amide bonds. The second kappa shape index (κ2) is 9.24. The van der Waals surface area contributed by atoms with Crippen LogP contribution in [0.25, 0.3) is 0 Å². The zero-order valence-corrected chi connectivity index (χ0v) is 17.5. The molecule has 0 spiro atoms. The van der Waals surface area contributed by atoms with Crippen molar-refractivity contribution in [2.75, 3.05) is 27.2 Å². The number of nitrogens with one attached hydrogen (secondary N) is 2. The number of hydrogen-bond donors (Lipinski definition) is 2. The minimum Gasteiger partial charge on any atom is -0.496 e. The first-order chi connectivity index (χ1) is 13.1. The molecule has 1 aromatic heterocycles. The monoisotopic (exact) mass is 386 g/mol. The molecular weight excluding hydrogens is 356 g/mol. The van der Waals surface area contributed by atoms with Crippen LogP contribution < -0.4 is 15.4 Å². The SMILES string of the molecule is CN=C(NCc1ccc(C)cc1OC)NCC(C)N1CCc2sccc2C1. The van der Waals surface area contributed by atoms with E-state index in [1.165, 1.54) is 11.1 Å². The van der Waals surface area contributed by atoms with Gasteiger partial charge in [0.1, 0.15) is 5.75 Å². The Kier molecular flexibility index (Phi) is 6.74. The Morgan fingerprint density at radius 3 is 2.96 bits per heavy atom. The Morgan fingerprint density at radius 1 is 1.33 bits per heavy atom. The topological polar surface area (TPSA) is 48.9 Å². The van der Waals surface area contributed by atoms with Gasteiger partial charge in [0.2, 0.25) is 0 Å². The normalized spacial score (nSPS) is 15.9. The minimum absolute atomic E-state index is 0.450. The molecule has 0 fully saturated rings. The molecule has 2 aromatic rings. The van der Waals surface area contributed by atoms with Gasteiger partial charge in [0.25, 0.3) is 0 Å². The molecule has 5 nitrogen and oxygen atoms in total. The first-order valence-corrected chi connectivity index (χ1v) is 10.4. The van der Waals surface area contributed by atoms with Crippen molar-refractivity contribution in [3.05, 3.63) is 51.2 Å². The Bertz CT molecular complexity index is 786. The summed E-state index contributed by atoms with van der Waals surface area (Å²) in [6.07, 6.45) is 1.16. The summed E-state index contributed by atoms with van der Waals surface area (Å²) in [6, 6.07) is 8.98. The Labute approximate surface area is 166 Å². The van der Waals surface area contributed by atoms with E-state index in [9.17, 15) is 0 Å². The molecular formula is C21H30N4OS. The molecule has 1 unspecified atom stereocenters.